The second-order valence-corrected chi connectivity index (χ2v) is 3.39. The molecule has 2 aromatic rings. The topological polar surface area (TPSA) is 12.9 Å². The average Bonchev–Trinajstić information content (AvgIpc) is 2.02. The standard InChI is InChI=1S/C9H4Cl2FN/c10-6-1-2-13-8-4-5(12)3-7(11)9(6)8/h1-4H. The van der Waals surface area contributed by atoms with Gasteiger partial charge in [0.2, 0.25) is 0 Å². The highest BCUT2D eigenvalue weighted by Gasteiger charge is 2.06. The highest BCUT2D eigenvalue weighted by atomic mass is 35.5. The molecule has 13 heavy (non-hydrogen) atoms. The normalized spacial score (nSPS) is 10.7. The van der Waals surface area contributed by atoms with Crippen molar-refractivity contribution in [2.24, 2.45) is 0 Å². The molecule has 0 saturated carbocycles. The van der Waals surface area contributed by atoms with Crippen LogP contribution in [0, 0.1) is 5.82 Å². The highest BCUT2D eigenvalue weighted by molar-refractivity contribution is 6.42. The fraction of sp³-hybridized carbons (Fsp3) is 0. The zero-order chi connectivity index (χ0) is 9.42. The first-order valence-electron chi connectivity index (χ1n) is 3.58. The number of nitrogens with zero attached hydrogens (tertiary/aromatic N) is 1. The van der Waals surface area contributed by atoms with Gasteiger partial charge in [-0.2, -0.15) is 0 Å². The Bertz CT molecular complexity index is 470. The van der Waals surface area contributed by atoms with E-state index in [0.29, 0.717) is 15.9 Å². The van der Waals surface area contributed by atoms with E-state index in [1.807, 2.05) is 0 Å². The summed E-state index contributed by atoms with van der Waals surface area (Å²) in [6.45, 7) is 0. The molecule has 0 bridgehead atoms. The van der Waals surface area contributed by atoms with Gasteiger partial charge in [0.05, 0.1) is 15.6 Å². The van der Waals surface area contributed by atoms with Gasteiger partial charge >= 0.3 is 0 Å². The summed E-state index contributed by atoms with van der Waals surface area (Å²) in [5, 5.41) is 1.36. The number of hydrogen-bond donors (Lipinski definition) is 0. The van der Waals surface area contributed by atoms with E-state index in [9.17, 15) is 4.39 Å². The Kier molecular flexibility index (Phi) is 2.10. The van der Waals surface area contributed by atoms with Crippen LogP contribution in [0.3, 0.4) is 0 Å². The number of fused-ring (bicyclic) bond motifs is 1. The first-order valence-corrected chi connectivity index (χ1v) is 4.33. The van der Waals surface area contributed by atoms with Crippen LogP contribution in [0.2, 0.25) is 10.0 Å². The predicted octanol–water partition coefficient (Wildman–Crippen LogP) is 3.68. The third-order valence-electron chi connectivity index (χ3n) is 1.71. The van der Waals surface area contributed by atoms with Gasteiger partial charge in [-0.15, -0.1) is 0 Å². The van der Waals surface area contributed by atoms with Crippen molar-refractivity contribution in [1.82, 2.24) is 4.98 Å². The van der Waals surface area contributed by atoms with E-state index in [1.165, 1.54) is 18.3 Å². The lowest BCUT2D eigenvalue weighted by atomic mass is 10.2. The van der Waals surface area contributed by atoms with Crippen molar-refractivity contribution in [3.63, 3.8) is 0 Å². The van der Waals surface area contributed by atoms with E-state index < -0.39 is 5.82 Å². The Morgan fingerprint density at radius 2 is 1.92 bits per heavy atom. The Labute approximate surface area is 84.1 Å². The van der Waals surface area contributed by atoms with Crippen molar-refractivity contribution in [2.45, 2.75) is 0 Å². The molecule has 1 nitrogen and oxygen atoms in total. The van der Waals surface area contributed by atoms with Gasteiger partial charge in [-0.1, -0.05) is 23.2 Å². The SMILES string of the molecule is Fc1cc(Cl)c2c(Cl)ccnc2c1. The van der Waals surface area contributed by atoms with Crippen LogP contribution < -0.4 is 0 Å². The summed E-state index contributed by atoms with van der Waals surface area (Å²) in [5.74, 6) is -0.410. The third kappa shape index (κ3) is 1.47. The van der Waals surface area contributed by atoms with Crippen LogP contribution in [0.5, 0.6) is 0 Å². The highest BCUT2D eigenvalue weighted by Crippen LogP contribution is 2.29. The molecule has 0 aliphatic rings. The summed E-state index contributed by atoms with van der Waals surface area (Å²) >= 11 is 11.7. The van der Waals surface area contributed by atoms with Crippen LogP contribution in [-0.2, 0) is 0 Å². The zero-order valence-electron chi connectivity index (χ0n) is 6.39. The van der Waals surface area contributed by atoms with Gasteiger partial charge in [0.15, 0.2) is 0 Å². The second kappa shape index (κ2) is 3.13. The minimum atomic E-state index is -0.410. The first kappa shape index (κ1) is 8.73. The molecular weight excluding hydrogens is 212 g/mol. The molecule has 0 radical (unpaired) electrons. The second-order valence-electron chi connectivity index (χ2n) is 2.57. The molecule has 66 valence electrons. The molecule has 1 aromatic heterocycles. The van der Waals surface area contributed by atoms with Crippen LogP contribution in [0.4, 0.5) is 4.39 Å². The molecule has 0 amide bonds. The minimum absolute atomic E-state index is 0.285. The Morgan fingerprint density at radius 3 is 2.69 bits per heavy atom. The molecule has 0 aliphatic carbocycles. The van der Waals surface area contributed by atoms with Crippen LogP contribution >= 0.6 is 23.2 Å². The monoisotopic (exact) mass is 215 g/mol. The number of halogens is 3. The van der Waals surface area contributed by atoms with E-state index in [2.05, 4.69) is 4.98 Å². The summed E-state index contributed by atoms with van der Waals surface area (Å²) in [4.78, 5) is 3.95. The number of pyridine rings is 1. The lowest BCUT2D eigenvalue weighted by molar-refractivity contribution is 0.629. The van der Waals surface area contributed by atoms with Gasteiger partial charge in [-0.05, 0) is 12.1 Å². The van der Waals surface area contributed by atoms with Gasteiger partial charge in [-0.3, -0.25) is 4.98 Å². The van der Waals surface area contributed by atoms with Crippen LogP contribution in [0.25, 0.3) is 10.9 Å². The Hall–Kier alpha value is -0.860. The van der Waals surface area contributed by atoms with E-state index in [0.717, 1.165) is 0 Å². The number of benzene rings is 1. The molecule has 0 unspecified atom stereocenters. The molecule has 0 atom stereocenters. The van der Waals surface area contributed by atoms with Crippen LogP contribution in [-0.4, -0.2) is 4.98 Å². The van der Waals surface area contributed by atoms with Crippen molar-refractivity contribution in [3.8, 4) is 0 Å². The van der Waals surface area contributed by atoms with Gasteiger partial charge < -0.3 is 0 Å². The van der Waals surface area contributed by atoms with Crippen LogP contribution in [0.1, 0.15) is 0 Å². The molecular formula is C9H4Cl2FN. The van der Waals surface area contributed by atoms with Gasteiger partial charge in [0.25, 0.3) is 0 Å². The Balaban J connectivity index is 2.94. The number of hydrogen-bond acceptors (Lipinski definition) is 1. The maximum atomic E-state index is 12.9. The van der Waals surface area contributed by atoms with E-state index >= 15 is 0 Å². The maximum Gasteiger partial charge on any atom is 0.126 e. The molecule has 0 aliphatic heterocycles. The van der Waals surface area contributed by atoms with Crippen molar-refractivity contribution in [1.29, 1.82) is 0 Å². The van der Waals surface area contributed by atoms with Gasteiger partial charge in [0, 0.05) is 17.6 Å². The fourth-order valence-electron chi connectivity index (χ4n) is 1.16. The first-order chi connectivity index (χ1) is 6.18. The molecule has 0 spiro atoms. The van der Waals surface area contributed by atoms with Gasteiger partial charge in [-0.25, -0.2) is 4.39 Å². The van der Waals surface area contributed by atoms with Crippen molar-refractivity contribution in [3.05, 3.63) is 40.3 Å². The molecule has 0 saturated heterocycles. The van der Waals surface area contributed by atoms with E-state index in [-0.39, 0.29) is 5.02 Å². The summed E-state index contributed by atoms with van der Waals surface area (Å²) in [5.41, 5.74) is 0.470. The van der Waals surface area contributed by atoms with E-state index in [1.54, 1.807) is 6.07 Å². The van der Waals surface area contributed by atoms with E-state index in [4.69, 9.17) is 23.2 Å². The predicted molar refractivity (Wildman–Crippen MR) is 51.7 cm³/mol. The molecule has 0 fully saturated rings. The van der Waals surface area contributed by atoms with Crippen molar-refractivity contribution in [2.75, 3.05) is 0 Å². The Morgan fingerprint density at radius 1 is 1.15 bits per heavy atom. The third-order valence-corrected chi connectivity index (χ3v) is 2.32. The maximum absolute atomic E-state index is 12.9. The average molecular weight is 216 g/mol. The van der Waals surface area contributed by atoms with Crippen LogP contribution in [0.15, 0.2) is 24.4 Å². The zero-order valence-corrected chi connectivity index (χ0v) is 7.90. The summed E-state index contributed by atoms with van der Waals surface area (Å²) < 4.78 is 12.9. The molecule has 1 heterocycles. The minimum Gasteiger partial charge on any atom is -0.256 e. The quantitative estimate of drug-likeness (QED) is 0.654. The fourth-order valence-corrected chi connectivity index (χ4v) is 1.77. The number of rotatable bonds is 0. The molecule has 2 rings (SSSR count). The molecule has 0 N–H and O–H groups in total. The summed E-state index contributed by atoms with van der Waals surface area (Å²) in [6.07, 6.45) is 1.51. The van der Waals surface area contributed by atoms with Crippen molar-refractivity contribution < 1.29 is 4.39 Å². The summed E-state index contributed by atoms with van der Waals surface area (Å²) in [7, 11) is 0. The largest absolute Gasteiger partial charge is 0.256 e. The van der Waals surface area contributed by atoms with Gasteiger partial charge in [0.1, 0.15) is 5.82 Å². The number of aromatic nitrogens is 1. The molecule has 4 heteroatoms. The van der Waals surface area contributed by atoms with Crippen molar-refractivity contribution >= 4 is 34.1 Å². The smallest absolute Gasteiger partial charge is 0.126 e. The molecule has 1 aromatic carbocycles. The lowest BCUT2D eigenvalue weighted by Crippen LogP contribution is -1.83. The summed E-state index contributed by atoms with van der Waals surface area (Å²) in [6, 6.07) is 4.14. The lowest BCUT2D eigenvalue weighted by Gasteiger charge is -2.01.